The van der Waals surface area contributed by atoms with E-state index in [1.165, 1.54) is 0 Å². The van der Waals surface area contributed by atoms with E-state index in [-0.39, 0.29) is 11.9 Å². The molecule has 3 rings (SSSR count). The Balaban J connectivity index is 1.62. The first-order valence-electron chi connectivity index (χ1n) is 7.82. The van der Waals surface area contributed by atoms with Crippen molar-refractivity contribution in [2.75, 3.05) is 0 Å². The third-order valence-electron chi connectivity index (χ3n) is 3.79. The predicted molar refractivity (Wildman–Crippen MR) is 96.8 cm³/mol. The number of pyridine rings is 1. The molecule has 0 saturated carbocycles. The first kappa shape index (κ1) is 16.3. The Kier molecular flexibility index (Phi) is 5.01. The summed E-state index contributed by atoms with van der Waals surface area (Å²) in [5.74, 6) is -0.0101. The highest BCUT2D eigenvalue weighted by Crippen LogP contribution is 2.21. The average molecular weight is 337 g/mol. The fourth-order valence-corrected chi connectivity index (χ4v) is 3.14. The molecule has 0 spiro atoms. The number of rotatable bonds is 5. The van der Waals surface area contributed by atoms with E-state index in [0.29, 0.717) is 6.42 Å². The van der Waals surface area contributed by atoms with Crippen molar-refractivity contribution < 1.29 is 4.79 Å². The molecule has 0 radical (unpaired) electrons. The fourth-order valence-electron chi connectivity index (χ4n) is 2.53. The van der Waals surface area contributed by atoms with Crippen molar-refractivity contribution in [3.05, 3.63) is 70.4 Å². The molecule has 3 aromatic rings. The van der Waals surface area contributed by atoms with Crippen LogP contribution in [0.5, 0.6) is 0 Å². The monoisotopic (exact) mass is 337 g/mol. The topological polar surface area (TPSA) is 54.9 Å². The quantitative estimate of drug-likeness (QED) is 0.767. The SMILES string of the molecule is Cc1nc(CC(=O)N[C@@H](C)c2ccc(-c3cccnc3)cc2)cs1. The number of aromatic nitrogens is 2. The van der Waals surface area contributed by atoms with Gasteiger partial charge in [-0.2, -0.15) is 0 Å². The van der Waals surface area contributed by atoms with Gasteiger partial charge in [-0.15, -0.1) is 11.3 Å². The van der Waals surface area contributed by atoms with E-state index in [1.807, 2.05) is 49.7 Å². The van der Waals surface area contributed by atoms with Crippen LogP contribution in [0.25, 0.3) is 11.1 Å². The van der Waals surface area contributed by atoms with Crippen LogP contribution < -0.4 is 5.32 Å². The zero-order chi connectivity index (χ0) is 16.9. The van der Waals surface area contributed by atoms with E-state index >= 15 is 0 Å². The Bertz CT molecular complexity index is 812. The van der Waals surface area contributed by atoms with Gasteiger partial charge in [0.05, 0.1) is 23.2 Å². The van der Waals surface area contributed by atoms with E-state index in [1.54, 1.807) is 17.5 Å². The smallest absolute Gasteiger partial charge is 0.226 e. The summed E-state index contributed by atoms with van der Waals surface area (Å²) in [5.41, 5.74) is 4.10. The summed E-state index contributed by atoms with van der Waals surface area (Å²) >= 11 is 1.56. The van der Waals surface area contributed by atoms with Crippen molar-refractivity contribution in [1.82, 2.24) is 15.3 Å². The van der Waals surface area contributed by atoms with Crippen LogP contribution in [0.1, 0.15) is 29.2 Å². The van der Waals surface area contributed by atoms with E-state index in [2.05, 4.69) is 27.4 Å². The Morgan fingerprint density at radius 3 is 2.62 bits per heavy atom. The standard InChI is InChI=1S/C19H19N3OS/c1-13(21-19(23)10-18-12-24-14(2)22-18)15-5-7-16(8-6-15)17-4-3-9-20-11-17/h3-9,11-13H,10H2,1-2H3,(H,21,23)/t13-/m0/s1. The molecular weight excluding hydrogens is 318 g/mol. The van der Waals surface area contributed by atoms with Gasteiger partial charge in [-0.05, 0) is 36.6 Å². The van der Waals surface area contributed by atoms with Gasteiger partial charge in [0.25, 0.3) is 0 Å². The second-order valence-electron chi connectivity index (χ2n) is 5.69. The Hall–Kier alpha value is -2.53. The zero-order valence-corrected chi connectivity index (χ0v) is 14.5. The van der Waals surface area contributed by atoms with Gasteiger partial charge < -0.3 is 5.32 Å². The Morgan fingerprint density at radius 2 is 2.00 bits per heavy atom. The first-order valence-corrected chi connectivity index (χ1v) is 8.70. The lowest BCUT2D eigenvalue weighted by atomic mass is 10.0. The van der Waals surface area contributed by atoms with Gasteiger partial charge >= 0.3 is 0 Å². The second kappa shape index (κ2) is 7.36. The van der Waals surface area contributed by atoms with Gasteiger partial charge in [0.15, 0.2) is 0 Å². The molecule has 1 amide bonds. The minimum absolute atomic E-state index is 0.0101. The zero-order valence-electron chi connectivity index (χ0n) is 13.7. The molecule has 1 aromatic carbocycles. The Labute approximate surface area is 145 Å². The van der Waals surface area contributed by atoms with Crippen LogP contribution in [-0.2, 0) is 11.2 Å². The summed E-state index contributed by atoms with van der Waals surface area (Å²) in [5, 5.41) is 5.94. The van der Waals surface area contributed by atoms with Crippen molar-refractivity contribution in [3.63, 3.8) is 0 Å². The molecule has 122 valence electrons. The van der Waals surface area contributed by atoms with E-state index < -0.39 is 0 Å². The number of carbonyl (C=O) groups is 1. The number of hydrogen-bond acceptors (Lipinski definition) is 4. The first-order chi connectivity index (χ1) is 11.6. The number of benzene rings is 1. The summed E-state index contributed by atoms with van der Waals surface area (Å²) in [6.45, 7) is 3.93. The van der Waals surface area contributed by atoms with E-state index in [4.69, 9.17) is 0 Å². The molecule has 0 unspecified atom stereocenters. The fraction of sp³-hybridized carbons (Fsp3) is 0.211. The molecule has 0 bridgehead atoms. The Morgan fingerprint density at radius 1 is 1.21 bits per heavy atom. The number of amides is 1. The van der Waals surface area contributed by atoms with E-state index in [0.717, 1.165) is 27.4 Å². The average Bonchev–Trinajstić information content (AvgIpc) is 3.00. The number of thiazole rings is 1. The molecular formula is C19H19N3OS. The van der Waals surface area contributed by atoms with Gasteiger partial charge in [0.1, 0.15) is 0 Å². The van der Waals surface area contributed by atoms with Crippen LogP contribution in [0.2, 0.25) is 0 Å². The molecule has 2 heterocycles. The van der Waals surface area contributed by atoms with Crippen LogP contribution in [0.4, 0.5) is 0 Å². The van der Waals surface area contributed by atoms with E-state index in [9.17, 15) is 4.79 Å². The largest absolute Gasteiger partial charge is 0.349 e. The van der Waals surface area contributed by atoms with Crippen LogP contribution in [0.15, 0.2) is 54.2 Å². The molecule has 5 heteroatoms. The van der Waals surface area contributed by atoms with Crippen molar-refractivity contribution in [2.24, 2.45) is 0 Å². The van der Waals surface area contributed by atoms with Crippen molar-refractivity contribution in [1.29, 1.82) is 0 Å². The number of hydrogen-bond donors (Lipinski definition) is 1. The number of aryl methyl sites for hydroxylation is 1. The summed E-state index contributed by atoms with van der Waals surface area (Å²) in [7, 11) is 0. The maximum atomic E-state index is 12.1. The van der Waals surface area contributed by atoms with Gasteiger partial charge in [0.2, 0.25) is 5.91 Å². The lowest BCUT2D eigenvalue weighted by molar-refractivity contribution is -0.121. The van der Waals surface area contributed by atoms with Crippen LogP contribution in [0, 0.1) is 6.92 Å². The molecule has 0 aliphatic heterocycles. The lowest BCUT2D eigenvalue weighted by Gasteiger charge is -2.14. The minimum atomic E-state index is -0.0415. The molecule has 1 atom stereocenters. The lowest BCUT2D eigenvalue weighted by Crippen LogP contribution is -2.28. The minimum Gasteiger partial charge on any atom is -0.349 e. The van der Waals surface area contributed by atoms with Crippen LogP contribution >= 0.6 is 11.3 Å². The molecule has 0 saturated heterocycles. The number of carbonyl (C=O) groups excluding carboxylic acids is 1. The van der Waals surface area contributed by atoms with Gasteiger partial charge in [-0.1, -0.05) is 30.3 Å². The summed E-state index contributed by atoms with van der Waals surface area (Å²) in [6.07, 6.45) is 3.93. The molecule has 0 aliphatic rings. The molecule has 2 aromatic heterocycles. The number of nitrogens with one attached hydrogen (secondary N) is 1. The molecule has 1 N–H and O–H groups in total. The summed E-state index contributed by atoms with van der Waals surface area (Å²) in [6, 6.07) is 12.1. The highest BCUT2D eigenvalue weighted by Gasteiger charge is 2.11. The second-order valence-corrected chi connectivity index (χ2v) is 6.75. The summed E-state index contributed by atoms with van der Waals surface area (Å²) < 4.78 is 0. The normalized spacial score (nSPS) is 11.9. The molecule has 0 fully saturated rings. The predicted octanol–water partition coefficient (Wildman–Crippen LogP) is 3.93. The molecule has 4 nitrogen and oxygen atoms in total. The van der Waals surface area contributed by atoms with Gasteiger partial charge in [0, 0.05) is 17.8 Å². The highest BCUT2D eigenvalue weighted by atomic mass is 32.1. The third-order valence-corrected chi connectivity index (χ3v) is 4.61. The van der Waals surface area contributed by atoms with Crippen LogP contribution in [-0.4, -0.2) is 15.9 Å². The van der Waals surface area contributed by atoms with Crippen molar-refractivity contribution >= 4 is 17.2 Å². The van der Waals surface area contributed by atoms with Crippen molar-refractivity contribution in [3.8, 4) is 11.1 Å². The van der Waals surface area contributed by atoms with Gasteiger partial charge in [-0.25, -0.2) is 4.98 Å². The van der Waals surface area contributed by atoms with Gasteiger partial charge in [-0.3, -0.25) is 9.78 Å². The third kappa shape index (κ3) is 4.06. The molecule has 24 heavy (non-hydrogen) atoms. The summed E-state index contributed by atoms with van der Waals surface area (Å²) in [4.78, 5) is 20.6. The van der Waals surface area contributed by atoms with Crippen molar-refractivity contribution in [2.45, 2.75) is 26.3 Å². The maximum Gasteiger partial charge on any atom is 0.226 e. The maximum absolute atomic E-state index is 12.1. The highest BCUT2D eigenvalue weighted by molar-refractivity contribution is 7.09. The molecule has 0 aliphatic carbocycles. The number of nitrogens with zero attached hydrogens (tertiary/aromatic N) is 2. The van der Waals surface area contributed by atoms with Crippen LogP contribution in [0.3, 0.4) is 0 Å².